The summed E-state index contributed by atoms with van der Waals surface area (Å²) in [6.07, 6.45) is 10.8. The van der Waals surface area contributed by atoms with Crippen LogP contribution in [0.5, 0.6) is 0 Å². The van der Waals surface area contributed by atoms with Crippen LogP contribution < -0.4 is 5.73 Å². The number of rotatable bonds is 5. The number of nitrogens with two attached hydrogens (primary N) is 1. The number of hydrogen-bond donors (Lipinski definition) is 1. The summed E-state index contributed by atoms with van der Waals surface area (Å²) in [6, 6.07) is 0. The molecule has 2 nitrogen and oxygen atoms in total. The van der Waals surface area contributed by atoms with Crippen molar-refractivity contribution in [3.05, 3.63) is 24.6 Å². The second-order valence-electron chi connectivity index (χ2n) is 2.82. The van der Waals surface area contributed by atoms with Crippen LogP contribution in [0.2, 0.25) is 0 Å². The Kier molecular flexibility index (Phi) is 16.5. The summed E-state index contributed by atoms with van der Waals surface area (Å²) in [5.74, 6) is 0. The number of nitrogens with zero attached hydrogens (tertiary/aromatic N) is 1. The molecule has 14 heavy (non-hydrogen) atoms. The quantitative estimate of drug-likeness (QED) is 0.735. The van der Waals surface area contributed by atoms with Gasteiger partial charge in [-0.3, -0.25) is 0 Å². The van der Waals surface area contributed by atoms with Crippen LogP contribution in [-0.4, -0.2) is 18.0 Å². The van der Waals surface area contributed by atoms with E-state index in [9.17, 15) is 0 Å². The lowest BCUT2D eigenvalue weighted by Gasteiger charge is -2.11. The normalized spacial score (nSPS) is 10.4. The monoisotopic (exact) mass is 198 g/mol. The third-order valence-electron chi connectivity index (χ3n) is 1.43. The van der Waals surface area contributed by atoms with Crippen LogP contribution in [0.15, 0.2) is 24.6 Å². The van der Waals surface area contributed by atoms with E-state index in [0.717, 1.165) is 25.9 Å². The van der Waals surface area contributed by atoms with E-state index in [1.54, 1.807) is 0 Å². The molecule has 0 saturated heterocycles. The molecule has 0 aromatic rings. The van der Waals surface area contributed by atoms with Crippen molar-refractivity contribution in [1.82, 2.24) is 4.90 Å². The Morgan fingerprint density at radius 3 is 1.50 bits per heavy atom. The molecular weight excluding hydrogens is 172 g/mol. The van der Waals surface area contributed by atoms with Gasteiger partial charge in [-0.05, 0) is 38.7 Å². The van der Waals surface area contributed by atoms with Gasteiger partial charge < -0.3 is 10.6 Å². The minimum Gasteiger partial charge on any atom is -0.355 e. The summed E-state index contributed by atoms with van der Waals surface area (Å²) in [4.78, 5) is 2.19. The SMILES string of the molecule is CC/C=C/N(/C=C/CC)CC.CCN. The van der Waals surface area contributed by atoms with Gasteiger partial charge in [0.15, 0.2) is 0 Å². The van der Waals surface area contributed by atoms with Gasteiger partial charge in [-0.15, -0.1) is 0 Å². The number of allylic oxidation sites excluding steroid dienone is 2. The van der Waals surface area contributed by atoms with E-state index in [0.29, 0.717) is 0 Å². The molecular formula is C12H26N2. The van der Waals surface area contributed by atoms with Crippen molar-refractivity contribution in [3.8, 4) is 0 Å². The van der Waals surface area contributed by atoms with Gasteiger partial charge in [0.2, 0.25) is 0 Å². The Morgan fingerprint density at radius 1 is 0.929 bits per heavy atom. The molecule has 0 aliphatic rings. The van der Waals surface area contributed by atoms with E-state index in [1.165, 1.54) is 0 Å². The molecule has 0 atom stereocenters. The topological polar surface area (TPSA) is 29.3 Å². The Balaban J connectivity index is 0. The summed E-state index contributed by atoms with van der Waals surface area (Å²) >= 11 is 0. The summed E-state index contributed by atoms with van der Waals surface area (Å²) in [6.45, 7) is 10.1. The molecule has 0 rings (SSSR count). The molecule has 0 unspecified atom stereocenters. The molecule has 0 aliphatic heterocycles. The van der Waals surface area contributed by atoms with E-state index >= 15 is 0 Å². The zero-order valence-corrected chi connectivity index (χ0v) is 10.2. The largest absolute Gasteiger partial charge is 0.355 e. The van der Waals surface area contributed by atoms with Gasteiger partial charge in [-0.1, -0.05) is 32.9 Å². The zero-order valence-electron chi connectivity index (χ0n) is 10.2. The smallest absolute Gasteiger partial charge is 0.0190 e. The van der Waals surface area contributed by atoms with Crippen molar-refractivity contribution in [2.24, 2.45) is 5.73 Å². The molecule has 0 amide bonds. The van der Waals surface area contributed by atoms with Crippen molar-refractivity contribution in [2.75, 3.05) is 13.1 Å². The fourth-order valence-corrected chi connectivity index (χ4v) is 0.742. The molecule has 0 aromatic heterocycles. The summed E-state index contributed by atoms with van der Waals surface area (Å²) in [5, 5.41) is 0. The van der Waals surface area contributed by atoms with Gasteiger partial charge in [0.05, 0.1) is 0 Å². The maximum Gasteiger partial charge on any atom is 0.0190 e. The zero-order chi connectivity index (χ0) is 11.2. The third kappa shape index (κ3) is 13.8. The fraction of sp³-hybridized carbons (Fsp3) is 0.667. The van der Waals surface area contributed by atoms with Crippen LogP contribution in [0.3, 0.4) is 0 Å². The molecule has 2 N–H and O–H groups in total. The molecule has 2 heteroatoms. The second kappa shape index (κ2) is 14.7. The van der Waals surface area contributed by atoms with Crippen LogP contribution in [0.25, 0.3) is 0 Å². The molecule has 0 bridgehead atoms. The lowest BCUT2D eigenvalue weighted by molar-refractivity contribution is 0.533. The lowest BCUT2D eigenvalue weighted by Crippen LogP contribution is -2.07. The maximum atomic E-state index is 4.85. The fourth-order valence-electron chi connectivity index (χ4n) is 0.742. The highest BCUT2D eigenvalue weighted by Gasteiger charge is 1.84. The van der Waals surface area contributed by atoms with Crippen molar-refractivity contribution in [1.29, 1.82) is 0 Å². The van der Waals surface area contributed by atoms with Crippen molar-refractivity contribution >= 4 is 0 Å². The predicted molar refractivity (Wildman–Crippen MR) is 66.0 cm³/mol. The average molecular weight is 198 g/mol. The summed E-state index contributed by atoms with van der Waals surface area (Å²) in [7, 11) is 0. The van der Waals surface area contributed by atoms with Crippen molar-refractivity contribution in [3.63, 3.8) is 0 Å². The Bertz CT molecular complexity index is 125. The molecule has 84 valence electrons. The van der Waals surface area contributed by atoms with Crippen molar-refractivity contribution in [2.45, 2.75) is 40.5 Å². The molecule has 0 radical (unpaired) electrons. The molecule has 0 aromatic carbocycles. The average Bonchev–Trinajstić information content (AvgIpc) is 2.20. The van der Waals surface area contributed by atoms with Gasteiger partial charge in [-0.2, -0.15) is 0 Å². The minimum absolute atomic E-state index is 0.750. The lowest BCUT2D eigenvalue weighted by atomic mass is 10.4. The van der Waals surface area contributed by atoms with Gasteiger partial charge in [0.25, 0.3) is 0 Å². The summed E-state index contributed by atoms with van der Waals surface area (Å²) < 4.78 is 0. The highest BCUT2D eigenvalue weighted by atomic mass is 15.1. The van der Waals surface area contributed by atoms with Gasteiger partial charge in [0.1, 0.15) is 0 Å². The first-order valence-corrected chi connectivity index (χ1v) is 5.55. The highest BCUT2D eigenvalue weighted by molar-refractivity contribution is 4.90. The Hall–Kier alpha value is -0.760. The van der Waals surface area contributed by atoms with E-state index in [4.69, 9.17) is 5.73 Å². The maximum absolute atomic E-state index is 4.85. The standard InChI is InChI=1S/C10H19N.C2H7N/c1-4-7-9-11(6-3)10-8-5-2;1-2-3/h7-10H,4-6H2,1-3H3;2-3H2,1H3/b9-7+,10-8+;. The van der Waals surface area contributed by atoms with Crippen LogP contribution in [-0.2, 0) is 0 Å². The van der Waals surface area contributed by atoms with Gasteiger partial charge in [0, 0.05) is 6.54 Å². The van der Waals surface area contributed by atoms with Gasteiger partial charge >= 0.3 is 0 Å². The molecule has 0 fully saturated rings. The molecule has 0 heterocycles. The molecule has 0 spiro atoms. The van der Waals surface area contributed by atoms with E-state index in [-0.39, 0.29) is 0 Å². The van der Waals surface area contributed by atoms with Crippen LogP contribution >= 0.6 is 0 Å². The third-order valence-corrected chi connectivity index (χ3v) is 1.43. The first-order valence-electron chi connectivity index (χ1n) is 5.55. The Labute approximate surface area is 89.5 Å². The molecule has 0 aliphatic carbocycles. The molecule has 0 saturated carbocycles. The van der Waals surface area contributed by atoms with Crippen LogP contribution in [0, 0.1) is 0 Å². The first-order chi connectivity index (χ1) is 6.76. The van der Waals surface area contributed by atoms with Crippen LogP contribution in [0.1, 0.15) is 40.5 Å². The summed E-state index contributed by atoms with van der Waals surface area (Å²) in [5.41, 5.74) is 4.85. The predicted octanol–water partition coefficient (Wildman–Crippen LogP) is 3.12. The minimum atomic E-state index is 0.750. The van der Waals surface area contributed by atoms with E-state index in [1.807, 2.05) is 6.92 Å². The highest BCUT2D eigenvalue weighted by Crippen LogP contribution is 1.93. The Morgan fingerprint density at radius 2 is 1.29 bits per heavy atom. The van der Waals surface area contributed by atoms with E-state index in [2.05, 4.69) is 50.2 Å². The van der Waals surface area contributed by atoms with Gasteiger partial charge in [-0.25, -0.2) is 0 Å². The number of hydrogen-bond acceptors (Lipinski definition) is 2. The van der Waals surface area contributed by atoms with E-state index < -0.39 is 0 Å². The second-order valence-corrected chi connectivity index (χ2v) is 2.82. The van der Waals surface area contributed by atoms with Crippen molar-refractivity contribution < 1.29 is 0 Å². The first kappa shape index (κ1) is 15.7. The van der Waals surface area contributed by atoms with Crippen LogP contribution in [0.4, 0.5) is 0 Å².